The van der Waals surface area contributed by atoms with Gasteiger partial charge in [-0.15, -0.1) is 0 Å². The molecule has 3 fully saturated rings. The predicted octanol–water partition coefficient (Wildman–Crippen LogP) is 4.09. The van der Waals surface area contributed by atoms with E-state index in [1.807, 2.05) is 6.08 Å². The third-order valence-electron chi connectivity index (χ3n) is 8.74. The highest BCUT2D eigenvalue weighted by Gasteiger charge is 2.75. The van der Waals surface area contributed by atoms with Crippen molar-refractivity contribution in [2.45, 2.75) is 51.0 Å². The van der Waals surface area contributed by atoms with E-state index in [1.54, 1.807) is 6.08 Å². The molecule has 150 valence electrons. The first kappa shape index (κ1) is 18.2. The standard InChI is InChI=1S/C23H28O5/c1-2-22-8-7-16-15-6-4-14(24)11-13(15)3-5-17(16)20(22)18-12-19(18)23(22,27)9-10-28-21(25)26/h3,5,9-11,15-20,27H,2,4,6-8,12H2,1H3,(H,25,26)/b10-9-/t15-,16+,17+,18-,19+,20+,22-,23-/m0/s1. The minimum absolute atomic E-state index is 0.197. The third-order valence-corrected chi connectivity index (χ3v) is 8.74. The Labute approximate surface area is 165 Å². The molecule has 0 bridgehead atoms. The van der Waals surface area contributed by atoms with Crippen molar-refractivity contribution >= 4 is 11.9 Å². The zero-order valence-electron chi connectivity index (χ0n) is 16.2. The number of carboxylic acid groups (broad SMARTS) is 1. The molecule has 0 spiro atoms. The number of hydrogen-bond donors (Lipinski definition) is 2. The molecule has 5 aliphatic rings. The van der Waals surface area contributed by atoms with Crippen molar-refractivity contribution in [3.05, 3.63) is 36.1 Å². The summed E-state index contributed by atoms with van der Waals surface area (Å²) in [7, 11) is 0. The van der Waals surface area contributed by atoms with Crippen LogP contribution in [-0.4, -0.2) is 27.8 Å². The Balaban J connectivity index is 1.51. The van der Waals surface area contributed by atoms with Crippen molar-refractivity contribution in [2.24, 2.45) is 40.9 Å². The highest BCUT2D eigenvalue weighted by molar-refractivity contribution is 5.91. The van der Waals surface area contributed by atoms with Crippen LogP contribution in [0.3, 0.4) is 0 Å². The molecule has 0 aromatic carbocycles. The summed E-state index contributed by atoms with van der Waals surface area (Å²) >= 11 is 0. The molecule has 0 unspecified atom stereocenters. The highest BCUT2D eigenvalue weighted by Crippen LogP contribution is 2.76. The van der Waals surface area contributed by atoms with Crippen LogP contribution in [-0.2, 0) is 9.53 Å². The van der Waals surface area contributed by atoms with E-state index >= 15 is 0 Å². The molecular weight excluding hydrogens is 356 g/mol. The van der Waals surface area contributed by atoms with Crippen molar-refractivity contribution in [2.75, 3.05) is 0 Å². The quantitative estimate of drug-likeness (QED) is 0.566. The zero-order chi connectivity index (χ0) is 19.7. The Morgan fingerprint density at radius 3 is 2.93 bits per heavy atom. The molecule has 2 N–H and O–H groups in total. The highest BCUT2D eigenvalue weighted by atomic mass is 16.7. The van der Waals surface area contributed by atoms with Crippen molar-refractivity contribution < 1.29 is 24.5 Å². The number of carbonyl (C=O) groups excluding carboxylic acids is 1. The van der Waals surface area contributed by atoms with E-state index in [1.165, 1.54) is 11.8 Å². The first-order valence-electron chi connectivity index (χ1n) is 10.6. The van der Waals surface area contributed by atoms with E-state index in [0.29, 0.717) is 36.0 Å². The van der Waals surface area contributed by atoms with Gasteiger partial charge in [-0.25, -0.2) is 4.79 Å². The molecule has 0 radical (unpaired) electrons. The summed E-state index contributed by atoms with van der Waals surface area (Å²) in [5, 5.41) is 20.6. The maximum Gasteiger partial charge on any atom is 0.510 e. The van der Waals surface area contributed by atoms with E-state index in [4.69, 9.17) is 5.11 Å². The van der Waals surface area contributed by atoms with Crippen molar-refractivity contribution in [1.29, 1.82) is 0 Å². The molecule has 0 heterocycles. The normalized spacial score (nSPS) is 48.4. The van der Waals surface area contributed by atoms with Gasteiger partial charge >= 0.3 is 6.16 Å². The van der Waals surface area contributed by atoms with E-state index in [9.17, 15) is 14.7 Å². The van der Waals surface area contributed by atoms with Crippen LogP contribution in [0.4, 0.5) is 4.79 Å². The van der Waals surface area contributed by atoms with Gasteiger partial charge in [-0.3, -0.25) is 4.79 Å². The van der Waals surface area contributed by atoms with Gasteiger partial charge in [0.15, 0.2) is 5.78 Å². The monoisotopic (exact) mass is 384 g/mol. The number of fused-ring (bicyclic) bond motifs is 7. The lowest BCUT2D eigenvalue weighted by atomic mass is 9.49. The SMILES string of the molecule is CC[C@]12CC[C@H]3[C@@H](C=CC4=CC(=O)CC[C@@H]43)[C@@H]1[C@H]1C[C@H]1[C@@]2(O)/C=C\OC(=O)O. The second kappa shape index (κ2) is 6.06. The summed E-state index contributed by atoms with van der Waals surface area (Å²) in [5.41, 5.74) is -0.0167. The molecule has 0 aromatic rings. The first-order chi connectivity index (χ1) is 13.4. The van der Waals surface area contributed by atoms with Gasteiger partial charge < -0.3 is 14.9 Å². The van der Waals surface area contributed by atoms with E-state index in [0.717, 1.165) is 32.1 Å². The average Bonchev–Trinajstić information content (AvgIpc) is 3.43. The molecule has 5 heteroatoms. The van der Waals surface area contributed by atoms with Gasteiger partial charge in [-0.05, 0) is 85.3 Å². The molecule has 0 aromatic heterocycles. The van der Waals surface area contributed by atoms with Crippen LogP contribution in [0.5, 0.6) is 0 Å². The molecule has 8 atom stereocenters. The fraction of sp³-hybridized carbons (Fsp3) is 0.652. The Kier molecular flexibility index (Phi) is 3.93. The summed E-state index contributed by atoms with van der Waals surface area (Å²) in [4.78, 5) is 22.6. The summed E-state index contributed by atoms with van der Waals surface area (Å²) in [6.07, 6.45) is 13.3. The number of allylic oxidation sites excluding steroid dienone is 4. The molecule has 5 nitrogen and oxygen atoms in total. The van der Waals surface area contributed by atoms with Crippen molar-refractivity contribution in [1.82, 2.24) is 0 Å². The Morgan fingerprint density at radius 2 is 2.18 bits per heavy atom. The second-order valence-corrected chi connectivity index (χ2v) is 9.45. The average molecular weight is 384 g/mol. The smallest absolute Gasteiger partial charge is 0.449 e. The van der Waals surface area contributed by atoms with Gasteiger partial charge in [-0.1, -0.05) is 19.1 Å². The molecule has 28 heavy (non-hydrogen) atoms. The first-order valence-corrected chi connectivity index (χ1v) is 10.6. The van der Waals surface area contributed by atoms with Gasteiger partial charge in [-0.2, -0.15) is 0 Å². The van der Waals surface area contributed by atoms with Crippen LogP contribution in [0.25, 0.3) is 0 Å². The minimum atomic E-state index is -1.35. The van der Waals surface area contributed by atoms with Crippen LogP contribution in [0, 0.1) is 40.9 Å². The van der Waals surface area contributed by atoms with E-state index in [-0.39, 0.29) is 17.1 Å². The van der Waals surface area contributed by atoms with Crippen LogP contribution >= 0.6 is 0 Å². The summed E-state index contributed by atoms with van der Waals surface area (Å²) in [6.45, 7) is 2.16. The maximum atomic E-state index is 11.8. The number of carbonyl (C=O) groups is 2. The molecule has 0 aliphatic heterocycles. The van der Waals surface area contributed by atoms with Crippen molar-refractivity contribution in [3.8, 4) is 0 Å². The number of ether oxygens (including phenoxy) is 1. The zero-order valence-corrected chi connectivity index (χ0v) is 16.2. The fourth-order valence-electron chi connectivity index (χ4n) is 7.67. The molecule has 5 rings (SSSR count). The Hall–Kier alpha value is -1.88. The summed E-state index contributed by atoms with van der Waals surface area (Å²) in [5.74, 6) is 2.80. The summed E-state index contributed by atoms with van der Waals surface area (Å²) < 4.78 is 4.62. The van der Waals surface area contributed by atoms with E-state index < -0.39 is 11.8 Å². The summed E-state index contributed by atoms with van der Waals surface area (Å²) in [6, 6.07) is 0. The number of hydrogen-bond acceptors (Lipinski definition) is 4. The number of aliphatic hydroxyl groups is 1. The molecular formula is C23H28O5. The van der Waals surface area contributed by atoms with Crippen LogP contribution in [0.15, 0.2) is 36.1 Å². The lowest BCUT2D eigenvalue weighted by Gasteiger charge is -2.56. The van der Waals surface area contributed by atoms with Crippen molar-refractivity contribution in [3.63, 3.8) is 0 Å². The number of ketones is 1. The number of rotatable bonds is 3. The topological polar surface area (TPSA) is 83.8 Å². The van der Waals surface area contributed by atoms with Crippen LogP contribution in [0.2, 0.25) is 0 Å². The largest absolute Gasteiger partial charge is 0.510 e. The lowest BCUT2D eigenvalue weighted by Crippen LogP contribution is -2.55. The van der Waals surface area contributed by atoms with Gasteiger partial charge in [0.25, 0.3) is 0 Å². The van der Waals surface area contributed by atoms with Gasteiger partial charge in [0.05, 0.1) is 11.9 Å². The van der Waals surface area contributed by atoms with Gasteiger partial charge in [0.1, 0.15) is 0 Å². The minimum Gasteiger partial charge on any atom is -0.449 e. The molecule has 5 aliphatic carbocycles. The molecule has 0 saturated heterocycles. The third kappa shape index (κ3) is 2.28. The Bertz CT molecular complexity index is 810. The molecule has 3 saturated carbocycles. The fourth-order valence-corrected chi connectivity index (χ4v) is 7.67. The Morgan fingerprint density at radius 1 is 1.36 bits per heavy atom. The van der Waals surface area contributed by atoms with Gasteiger partial charge in [0.2, 0.25) is 0 Å². The second-order valence-electron chi connectivity index (χ2n) is 9.45. The maximum absolute atomic E-state index is 11.8. The van der Waals surface area contributed by atoms with Crippen LogP contribution < -0.4 is 0 Å². The predicted molar refractivity (Wildman–Crippen MR) is 102 cm³/mol. The van der Waals surface area contributed by atoms with Crippen LogP contribution in [0.1, 0.15) is 45.4 Å². The van der Waals surface area contributed by atoms with E-state index in [2.05, 4.69) is 23.8 Å². The van der Waals surface area contributed by atoms with Gasteiger partial charge in [0, 0.05) is 11.8 Å². The lowest BCUT2D eigenvalue weighted by molar-refractivity contribution is -0.118. The molecule has 0 amide bonds.